The number of hydrogen-bond donors (Lipinski definition) is 3. The van der Waals surface area contributed by atoms with E-state index < -0.39 is 24.3 Å². The maximum atomic E-state index is 13.6. The van der Waals surface area contributed by atoms with Gasteiger partial charge in [-0.05, 0) is 38.3 Å². The normalized spacial score (nSPS) is 21.0. The summed E-state index contributed by atoms with van der Waals surface area (Å²) in [5, 5.41) is 22.3. The van der Waals surface area contributed by atoms with Gasteiger partial charge < -0.3 is 20.4 Å². The number of amides is 1. The summed E-state index contributed by atoms with van der Waals surface area (Å²) in [6.45, 7) is 7.48. The van der Waals surface area contributed by atoms with Gasteiger partial charge in [-0.2, -0.15) is 31.4 Å². The van der Waals surface area contributed by atoms with Crippen molar-refractivity contribution in [3.63, 3.8) is 0 Å². The number of nitrogens with one attached hydrogen (secondary N) is 1. The van der Waals surface area contributed by atoms with E-state index in [4.69, 9.17) is 19.8 Å². The van der Waals surface area contributed by atoms with Gasteiger partial charge >= 0.3 is 24.3 Å². The molecule has 2 aliphatic rings. The third kappa shape index (κ3) is 8.19. The van der Waals surface area contributed by atoms with Gasteiger partial charge in [0.05, 0.1) is 5.41 Å². The van der Waals surface area contributed by atoms with Crippen molar-refractivity contribution >= 4 is 17.8 Å². The summed E-state index contributed by atoms with van der Waals surface area (Å²) in [5.41, 5.74) is 2.06. The first-order valence-electron chi connectivity index (χ1n) is 12.2. The number of carboxylic acid groups (broad SMARTS) is 2. The third-order valence-electron chi connectivity index (χ3n) is 6.47. The first-order chi connectivity index (χ1) is 18.5. The molecule has 2 aromatic rings. The Kier molecular flexibility index (Phi) is 10.7. The van der Waals surface area contributed by atoms with Gasteiger partial charge in [-0.25, -0.2) is 9.59 Å². The number of alkyl halides is 6. The molecule has 1 spiro atoms. The molecular weight excluding hydrogens is 550 g/mol. The zero-order valence-electron chi connectivity index (χ0n) is 21.7. The molecule has 2 aliphatic heterocycles. The minimum Gasteiger partial charge on any atom is -0.475 e. The highest BCUT2D eigenvalue weighted by molar-refractivity contribution is 5.85. The number of halogens is 6. The third-order valence-corrected chi connectivity index (χ3v) is 6.47. The van der Waals surface area contributed by atoms with Crippen LogP contribution in [0.3, 0.4) is 0 Å². The number of likely N-dealkylation sites (tertiary alicyclic amines) is 1. The quantitative estimate of drug-likeness (QED) is 0.463. The summed E-state index contributed by atoms with van der Waals surface area (Å²) in [7, 11) is 0. The minimum atomic E-state index is -5.08. The van der Waals surface area contributed by atoms with Crippen molar-refractivity contribution in [2.24, 2.45) is 5.41 Å². The van der Waals surface area contributed by atoms with E-state index in [9.17, 15) is 31.1 Å². The van der Waals surface area contributed by atoms with Crippen molar-refractivity contribution in [3.8, 4) is 0 Å². The molecule has 3 N–H and O–H groups in total. The van der Waals surface area contributed by atoms with Crippen LogP contribution in [-0.4, -0.2) is 74.7 Å². The monoisotopic (exact) mass is 580 g/mol. The Morgan fingerprint density at radius 3 is 2.10 bits per heavy atom. The Balaban J connectivity index is 0.000000333. The number of carbonyl (C=O) groups is 3. The predicted octanol–water partition coefficient (Wildman–Crippen LogP) is 4.23. The Morgan fingerprint density at radius 1 is 1.05 bits per heavy atom. The van der Waals surface area contributed by atoms with E-state index in [2.05, 4.69) is 52.0 Å². The number of benzene rings is 1. The van der Waals surface area contributed by atoms with E-state index in [1.807, 2.05) is 24.4 Å². The van der Waals surface area contributed by atoms with Crippen molar-refractivity contribution < 1.29 is 50.9 Å². The number of nitrogens with zero attached hydrogens (tertiary/aromatic N) is 3. The van der Waals surface area contributed by atoms with Crippen LogP contribution in [0.15, 0.2) is 42.6 Å². The number of aliphatic carboxylic acids is 2. The number of aromatic nitrogens is 2. The van der Waals surface area contributed by atoms with Gasteiger partial charge in [-0.3, -0.25) is 9.48 Å². The molecule has 1 aromatic heterocycles. The SMILES string of the molecule is CC(C)n1nccc1[C@@H]1CNC[C@]12CCCN(Cc1ccccc1)C2=O.O=C(O)C(F)(F)F.O=C(O)C(F)(F)F. The molecule has 0 saturated carbocycles. The topological polar surface area (TPSA) is 125 Å². The largest absolute Gasteiger partial charge is 0.490 e. The summed E-state index contributed by atoms with van der Waals surface area (Å²) < 4.78 is 65.6. The van der Waals surface area contributed by atoms with E-state index >= 15 is 0 Å². The van der Waals surface area contributed by atoms with Crippen molar-refractivity contribution in [2.45, 2.75) is 57.5 Å². The van der Waals surface area contributed by atoms with Crippen LogP contribution in [-0.2, 0) is 20.9 Å². The first kappa shape index (κ1) is 32.6. The molecule has 2 fully saturated rings. The van der Waals surface area contributed by atoms with Gasteiger partial charge in [0, 0.05) is 50.0 Å². The molecule has 0 aliphatic carbocycles. The molecule has 2 atom stereocenters. The molecule has 2 saturated heterocycles. The highest BCUT2D eigenvalue weighted by Gasteiger charge is 2.53. The molecule has 15 heteroatoms. The van der Waals surface area contributed by atoms with Gasteiger partial charge in [-0.1, -0.05) is 30.3 Å². The van der Waals surface area contributed by atoms with Crippen LogP contribution in [0.1, 0.15) is 49.9 Å². The molecule has 1 aromatic carbocycles. The standard InChI is InChI=1S/C21H28N4O.2C2HF3O2/c1-16(2)25-19(9-11-23-25)18-13-22-15-21(18)10-6-12-24(20(21)26)14-17-7-4-3-5-8-17;2*3-2(4,5)1(6)7/h3-5,7-9,11,16,18,22H,6,10,12-15H2,1-2H3;2*(H,6,7)/t18-,21+;;/m0../s1. The van der Waals surface area contributed by atoms with Crippen LogP contribution in [0.4, 0.5) is 26.3 Å². The van der Waals surface area contributed by atoms with Crippen molar-refractivity contribution in [1.29, 1.82) is 0 Å². The zero-order chi connectivity index (χ0) is 30.3. The maximum Gasteiger partial charge on any atom is 0.490 e. The molecule has 40 heavy (non-hydrogen) atoms. The highest BCUT2D eigenvalue weighted by atomic mass is 19.4. The van der Waals surface area contributed by atoms with Crippen LogP contribution in [0.2, 0.25) is 0 Å². The second-order valence-electron chi connectivity index (χ2n) is 9.56. The molecule has 222 valence electrons. The van der Waals surface area contributed by atoms with Crippen LogP contribution < -0.4 is 5.32 Å². The Bertz CT molecular complexity index is 1130. The molecule has 1 amide bonds. The lowest BCUT2D eigenvalue weighted by atomic mass is 9.70. The summed E-state index contributed by atoms with van der Waals surface area (Å²) in [4.78, 5) is 33.5. The minimum absolute atomic E-state index is 0.193. The summed E-state index contributed by atoms with van der Waals surface area (Å²) >= 11 is 0. The van der Waals surface area contributed by atoms with Crippen molar-refractivity contribution in [1.82, 2.24) is 20.0 Å². The highest BCUT2D eigenvalue weighted by Crippen LogP contribution is 2.47. The van der Waals surface area contributed by atoms with Gasteiger partial charge in [0.2, 0.25) is 5.91 Å². The van der Waals surface area contributed by atoms with Gasteiger partial charge in [0.15, 0.2) is 0 Å². The van der Waals surface area contributed by atoms with E-state index in [0.29, 0.717) is 18.5 Å². The average molecular weight is 581 g/mol. The molecule has 0 unspecified atom stereocenters. The molecule has 0 bridgehead atoms. The summed E-state index contributed by atoms with van der Waals surface area (Å²) in [5.74, 6) is -5.02. The first-order valence-corrected chi connectivity index (χ1v) is 12.2. The maximum absolute atomic E-state index is 13.6. The number of carbonyl (C=O) groups excluding carboxylic acids is 1. The molecular formula is C25H30F6N4O5. The lowest BCUT2D eigenvalue weighted by molar-refractivity contribution is -0.193. The molecule has 9 nitrogen and oxygen atoms in total. The predicted molar refractivity (Wildman–Crippen MR) is 129 cm³/mol. The van der Waals surface area contributed by atoms with E-state index in [1.165, 1.54) is 11.3 Å². The Morgan fingerprint density at radius 2 is 1.60 bits per heavy atom. The lowest BCUT2D eigenvalue weighted by Crippen LogP contribution is -2.51. The van der Waals surface area contributed by atoms with Gasteiger partial charge in [0.25, 0.3) is 0 Å². The number of hydrogen-bond acceptors (Lipinski definition) is 5. The van der Waals surface area contributed by atoms with E-state index in [0.717, 1.165) is 32.5 Å². The van der Waals surface area contributed by atoms with E-state index in [-0.39, 0.29) is 11.3 Å². The Labute approximate surface area is 225 Å². The van der Waals surface area contributed by atoms with Gasteiger partial charge in [0.1, 0.15) is 0 Å². The smallest absolute Gasteiger partial charge is 0.475 e. The molecule has 4 rings (SSSR count). The molecule has 0 radical (unpaired) electrons. The van der Waals surface area contributed by atoms with Crippen LogP contribution in [0, 0.1) is 5.41 Å². The fourth-order valence-corrected chi connectivity index (χ4v) is 4.73. The average Bonchev–Trinajstić information content (AvgIpc) is 3.50. The molecule has 3 heterocycles. The second kappa shape index (κ2) is 13.2. The zero-order valence-corrected chi connectivity index (χ0v) is 21.7. The number of rotatable bonds is 4. The second-order valence-corrected chi connectivity index (χ2v) is 9.56. The summed E-state index contributed by atoms with van der Waals surface area (Å²) in [6, 6.07) is 12.7. The van der Waals surface area contributed by atoms with Crippen molar-refractivity contribution in [2.75, 3.05) is 19.6 Å². The fourth-order valence-electron chi connectivity index (χ4n) is 4.73. The number of piperidine rings is 1. The van der Waals surface area contributed by atoms with Gasteiger partial charge in [-0.15, -0.1) is 0 Å². The number of carboxylic acids is 2. The van der Waals surface area contributed by atoms with Crippen LogP contribution in [0.25, 0.3) is 0 Å². The lowest BCUT2D eigenvalue weighted by Gasteiger charge is -2.42. The summed E-state index contributed by atoms with van der Waals surface area (Å²) in [6.07, 6.45) is -6.28. The van der Waals surface area contributed by atoms with Crippen LogP contribution in [0.5, 0.6) is 0 Å². The van der Waals surface area contributed by atoms with E-state index in [1.54, 1.807) is 0 Å². The van der Waals surface area contributed by atoms with Crippen molar-refractivity contribution in [3.05, 3.63) is 53.9 Å². The Hall–Kier alpha value is -3.62. The fraction of sp³-hybridized carbons (Fsp3) is 0.520. The van der Waals surface area contributed by atoms with Crippen LogP contribution >= 0.6 is 0 Å².